The second-order valence-corrected chi connectivity index (χ2v) is 20.8. The number of hydrogen-bond acceptors (Lipinski definition) is 8. The van der Waals surface area contributed by atoms with E-state index in [4.69, 9.17) is 23.6 Å². The van der Waals surface area contributed by atoms with Gasteiger partial charge in [0.05, 0.1) is 25.6 Å². The molecule has 1 aliphatic rings. The van der Waals surface area contributed by atoms with Gasteiger partial charge >= 0.3 is 0 Å². The van der Waals surface area contributed by atoms with E-state index in [0.29, 0.717) is 38.8 Å². The van der Waals surface area contributed by atoms with Crippen LogP contribution >= 0.6 is 15.9 Å². The zero-order valence-corrected chi connectivity index (χ0v) is 28.1. The zero-order chi connectivity index (χ0) is 28.7. The monoisotopic (exact) mass is 646 g/mol. The Labute approximate surface area is 246 Å². The highest BCUT2D eigenvalue weighted by molar-refractivity contribution is 9.10. The summed E-state index contributed by atoms with van der Waals surface area (Å²) in [5.74, 6) is 0.477. The van der Waals surface area contributed by atoms with Crippen LogP contribution in [0.3, 0.4) is 0 Å². The molecule has 12 heteroatoms. The Hall–Kier alpha value is -0.733. The first kappa shape index (κ1) is 32.8. The van der Waals surface area contributed by atoms with Crippen molar-refractivity contribution < 1.29 is 23.2 Å². The molecule has 0 N–H and O–H groups in total. The summed E-state index contributed by atoms with van der Waals surface area (Å²) in [4.78, 5) is 9.08. The first-order valence-corrected chi connectivity index (χ1v) is 19.6. The lowest BCUT2D eigenvalue weighted by Gasteiger charge is -2.36. The number of rotatable bonds is 16. The molecule has 1 saturated heterocycles. The molecule has 1 fully saturated rings. The minimum atomic E-state index is -1.19. The van der Waals surface area contributed by atoms with E-state index in [-0.39, 0.29) is 10.8 Å². The summed E-state index contributed by atoms with van der Waals surface area (Å²) < 4.78 is 41.8. The van der Waals surface area contributed by atoms with E-state index in [9.17, 15) is 4.55 Å². The van der Waals surface area contributed by atoms with Crippen LogP contribution in [0.25, 0.3) is 0 Å². The van der Waals surface area contributed by atoms with Gasteiger partial charge in [-0.05, 0) is 62.5 Å². The van der Waals surface area contributed by atoms with Gasteiger partial charge in [0.15, 0.2) is 0 Å². The van der Waals surface area contributed by atoms with Gasteiger partial charge in [0.1, 0.15) is 34.2 Å². The normalized spacial score (nSPS) is 17.7. The van der Waals surface area contributed by atoms with E-state index >= 15 is 0 Å². The number of nitrogens with zero attached hydrogens (tertiary/aromatic N) is 4. The Balaban J connectivity index is 1.70. The molecule has 3 rings (SSSR count). The number of oxazole rings is 1. The van der Waals surface area contributed by atoms with Crippen molar-refractivity contribution in [2.24, 2.45) is 0 Å². The summed E-state index contributed by atoms with van der Waals surface area (Å²) in [6, 6.07) is 0.997. The average Bonchev–Trinajstić information content (AvgIpc) is 3.62. The van der Waals surface area contributed by atoms with E-state index < -0.39 is 25.2 Å². The van der Waals surface area contributed by atoms with Gasteiger partial charge < -0.3 is 23.2 Å². The Morgan fingerprint density at radius 2 is 1.92 bits per heavy atom. The molecule has 0 saturated carbocycles. The quantitative estimate of drug-likeness (QED) is 0.114. The van der Waals surface area contributed by atoms with Crippen LogP contribution in [0.2, 0.25) is 25.7 Å². The van der Waals surface area contributed by atoms with Crippen molar-refractivity contribution in [3.63, 3.8) is 0 Å². The second kappa shape index (κ2) is 14.4. The van der Waals surface area contributed by atoms with Crippen LogP contribution in [-0.2, 0) is 38.1 Å². The molecule has 0 aliphatic carbocycles. The molecule has 2 atom stereocenters. The van der Waals surface area contributed by atoms with Crippen LogP contribution in [0.5, 0.6) is 0 Å². The highest BCUT2D eigenvalue weighted by Crippen LogP contribution is 2.37. The predicted molar refractivity (Wildman–Crippen MR) is 160 cm³/mol. The SMILES string of the molecule is CCN(C(CCCCCC1(c2ncco2)OCCO1)c1ncc(Br)n1COCC[Si](C)(C)C)[S@+]([O-])C(C)(C)C. The molecule has 2 aromatic rings. The molecule has 3 heterocycles. The first-order chi connectivity index (χ1) is 18.4. The fourth-order valence-corrected chi connectivity index (χ4v) is 7.13. The highest BCUT2D eigenvalue weighted by atomic mass is 79.9. The largest absolute Gasteiger partial charge is 0.597 e. The van der Waals surface area contributed by atoms with E-state index in [2.05, 4.69) is 56.4 Å². The summed E-state index contributed by atoms with van der Waals surface area (Å²) in [6.07, 6.45) is 9.28. The van der Waals surface area contributed by atoms with Crippen LogP contribution in [0.15, 0.2) is 27.7 Å². The Kier molecular flexibility index (Phi) is 12.1. The molecule has 0 amide bonds. The topological polar surface area (TPSA) is 97.8 Å². The van der Waals surface area contributed by atoms with Gasteiger partial charge in [-0.15, -0.1) is 4.31 Å². The Morgan fingerprint density at radius 1 is 1.21 bits per heavy atom. The van der Waals surface area contributed by atoms with E-state index in [1.165, 1.54) is 0 Å². The number of imidazole rings is 1. The third-order valence-corrected chi connectivity index (χ3v) is 11.1. The van der Waals surface area contributed by atoms with Crippen LogP contribution in [0.1, 0.15) is 77.6 Å². The third kappa shape index (κ3) is 9.13. The third-order valence-electron chi connectivity index (χ3n) is 6.74. The molecule has 0 radical (unpaired) electrons. The van der Waals surface area contributed by atoms with Crippen LogP contribution in [0.4, 0.5) is 0 Å². The lowest BCUT2D eigenvalue weighted by molar-refractivity contribution is -0.187. The summed E-state index contributed by atoms with van der Waals surface area (Å²) in [7, 11) is -1.18. The lowest BCUT2D eigenvalue weighted by atomic mass is 10.0. The van der Waals surface area contributed by atoms with E-state index in [0.717, 1.165) is 48.8 Å². The summed E-state index contributed by atoms with van der Waals surface area (Å²) in [5.41, 5.74) is 0. The number of halogens is 1. The zero-order valence-electron chi connectivity index (χ0n) is 24.7. The number of unbranched alkanes of at least 4 members (excludes halogenated alkanes) is 2. The predicted octanol–water partition coefficient (Wildman–Crippen LogP) is 6.62. The van der Waals surface area contributed by atoms with E-state index in [1.54, 1.807) is 12.5 Å². The highest BCUT2D eigenvalue weighted by Gasteiger charge is 2.43. The molecule has 1 unspecified atom stereocenters. The fraction of sp³-hybridized carbons (Fsp3) is 0.778. The Bertz CT molecular complexity index is 989. The lowest BCUT2D eigenvalue weighted by Crippen LogP contribution is -2.45. The maximum atomic E-state index is 13.6. The number of ether oxygens (including phenoxy) is 3. The van der Waals surface area contributed by atoms with Gasteiger partial charge in [0.2, 0.25) is 5.79 Å². The van der Waals surface area contributed by atoms with Gasteiger partial charge in [-0.25, -0.2) is 9.97 Å². The minimum absolute atomic E-state index is 0.110. The van der Waals surface area contributed by atoms with Crippen molar-refractivity contribution in [1.29, 1.82) is 0 Å². The average molecular weight is 648 g/mol. The van der Waals surface area contributed by atoms with Crippen molar-refractivity contribution in [3.8, 4) is 0 Å². The minimum Gasteiger partial charge on any atom is -0.597 e. The van der Waals surface area contributed by atoms with Gasteiger partial charge in [-0.1, -0.05) is 32.5 Å². The summed E-state index contributed by atoms with van der Waals surface area (Å²) in [6.45, 7) is 18.1. The summed E-state index contributed by atoms with van der Waals surface area (Å²) >= 11 is 2.48. The van der Waals surface area contributed by atoms with Crippen molar-refractivity contribution in [2.45, 2.75) is 109 Å². The molecule has 2 aromatic heterocycles. The van der Waals surface area contributed by atoms with Crippen molar-refractivity contribution in [3.05, 3.63) is 35.0 Å². The van der Waals surface area contributed by atoms with Gasteiger partial charge in [0.25, 0.3) is 5.89 Å². The standard InChI is InChI=1S/C27H47BrN4O5SSi/c1-8-32(38(33)26(2,3)4)22(24-30-20-23(28)31(24)21-34-18-19-39(5,6)7)12-10-9-11-13-27(36-16-17-37-27)25-29-14-15-35-25/h14-15,20,22H,8-13,16-19,21H2,1-7H3/t22?,38-/m1/s1. The smallest absolute Gasteiger partial charge is 0.255 e. The van der Waals surface area contributed by atoms with Crippen LogP contribution in [0, 0.1) is 0 Å². The molecule has 9 nitrogen and oxygen atoms in total. The van der Waals surface area contributed by atoms with Gasteiger partial charge in [0, 0.05) is 39.0 Å². The van der Waals surface area contributed by atoms with Gasteiger partial charge in [-0.2, -0.15) is 0 Å². The van der Waals surface area contributed by atoms with Crippen molar-refractivity contribution >= 4 is 35.4 Å². The first-order valence-electron chi connectivity index (χ1n) is 14.0. The second-order valence-electron chi connectivity index (χ2n) is 12.2. The van der Waals surface area contributed by atoms with Crippen LogP contribution in [-0.4, -0.2) is 62.6 Å². The maximum Gasteiger partial charge on any atom is 0.255 e. The molecule has 0 spiro atoms. The number of aromatic nitrogens is 3. The number of hydrogen-bond donors (Lipinski definition) is 0. The molecular weight excluding hydrogens is 600 g/mol. The van der Waals surface area contributed by atoms with Gasteiger partial charge in [-0.3, -0.25) is 4.57 Å². The molecule has 222 valence electrons. The molecule has 0 bridgehead atoms. The van der Waals surface area contributed by atoms with Crippen molar-refractivity contribution in [2.75, 3.05) is 26.4 Å². The van der Waals surface area contributed by atoms with Crippen LogP contribution < -0.4 is 0 Å². The maximum absolute atomic E-state index is 13.6. The van der Waals surface area contributed by atoms with Crippen molar-refractivity contribution in [1.82, 2.24) is 18.8 Å². The van der Waals surface area contributed by atoms with E-state index in [1.807, 2.05) is 27.0 Å². The fourth-order valence-electron chi connectivity index (χ4n) is 4.62. The Morgan fingerprint density at radius 3 is 2.51 bits per heavy atom. The molecular formula is C27H47BrN4O5SSi. The summed E-state index contributed by atoms with van der Waals surface area (Å²) in [5, 5.41) is 0. The molecule has 1 aliphatic heterocycles. The molecule has 39 heavy (non-hydrogen) atoms. The molecule has 0 aromatic carbocycles.